The Balaban J connectivity index is 4.45. The first-order valence-corrected chi connectivity index (χ1v) is 21.5. The van der Waals surface area contributed by atoms with Gasteiger partial charge in [0.05, 0.1) is 27.7 Å². The molecule has 300 valence electrons. The molecule has 1 unspecified atom stereocenters. The van der Waals surface area contributed by atoms with Gasteiger partial charge in [-0.1, -0.05) is 120 Å². The molecule has 0 bridgehead atoms. The maximum atomic E-state index is 12.6. The van der Waals surface area contributed by atoms with Crippen LogP contribution in [0.1, 0.15) is 142 Å². The number of carbonyl (C=O) groups is 2. The highest BCUT2D eigenvalue weighted by Gasteiger charge is 2.27. The number of carbonyl (C=O) groups excluding carboxylic acids is 2. The van der Waals surface area contributed by atoms with Crippen molar-refractivity contribution in [1.29, 1.82) is 0 Å². The molecule has 0 amide bonds. The standard InChI is InChI=1S/C42H74NO8P/c1-6-8-10-12-14-16-18-19-20-21-22-23-25-26-28-30-32-34-41(44)48-38-40(39-50-52(46,47)49-37-36-43(3,4)5)51-42(45)35-33-31-29-27-24-17-15-13-11-9-7-2/h8,10,13-16,19-20,22-23,40H,6-7,9,11-12,17-18,21,24-39H2,1-5H3/p+1/b10-8-,15-13-,16-14-,20-19-,23-22-/t40-/m1/s1. The maximum Gasteiger partial charge on any atom is 0.472 e. The molecule has 1 N–H and O–H groups in total. The van der Waals surface area contributed by atoms with E-state index < -0.39 is 32.5 Å². The van der Waals surface area contributed by atoms with Crippen molar-refractivity contribution in [3.8, 4) is 0 Å². The van der Waals surface area contributed by atoms with Crippen LogP contribution in [0.2, 0.25) is 0 Å². The van der Waals surface area contributed by atoms with Crippen LogP contribution in [0.4, 0.5) is 0 Å². The quantitative estimate of drug-likeness (QED) is 0.0224. The Morgan fingerprint density at radius 1 is 0.615 bits per heavy atom. The number of hydrogen-bond donors (Lipinski definition) is 1. The number of ether oxygens (including phenoxy) is 2. The highest BCUT2D eigenvalue weighted by molar-refractivity contribution is 7.47. The first kappa shape index (κ1) is 49.7. The van der Waals surface area contributed by atoms with E-state index in [1.54, 1.807) is 0 Å². The molecule has 0 aliphatic heterocycles. The molecule has 0 rings (SSSR count). The minimum absolute atomic E-state index is 0.0231. The van der Waals surface area contributed by atoms with Gasteiger partial charge in [0.25, 0.3) is 0 Å². The Hall–Kier alpha value is -2.29. The number of hydrogen-bond acceptors (Lipinski definition) is 7. The smallest absolute Gasteiger partial charge is 0.462 e. The van der Waals surface area contributed by atoms with Gasteiger partial charge >= 0.3 is 19.8 Å². The lowest BCUT2D eigenvalue weighted by atomic mass is 10.1. The number of rotatable bonds is 35. The lowest BCUT2D eigenvalue weighted by Crippen LogP contribution is -2.37. The van der Waals surface area contributed by atoms with E-state index in [9.17, 15) is 19.0 Å². The van der Waals surface area contributed by atoms with Crippen molar-refractivity contribution in [2.45, 2.75) is 148 Å². The fraction of sp³-hybridized carbons (Fsp3) is 0.714. The summed E-state index contributed by atoms with van der Waals surface area (Å²) < 4.78 is 34.1. The van der Waals surface area contributed by atoms with Crippen molar-refractivity contribution in [3.05, 3.63) is 60.8 Å². The highest BCUT2D eigenvalue weighted by Crippen LogP contribution is 2.43. The molecule has 0 spiro atoms. The summed E-state index contributed by atoms with van der Waals surface area (Å²) in [6.07, 6.45) is 39.8. The van der Waals surface area contributed by atoms with Crippen molar-refractivity contribution in [1.82, 2.24) is 0 Å². The highest BCUT2D eigenvalue weighted by atomic mass is 31.2. The van der Waals surface area contributed by atoms with Crippen LogP contribution < -0.4 is 0 Å². The molecule has 0 aromatic heterocycles. The second kappa shape index (κ2) is 34.5. The van der Waals surface area contributed by atoms with Crippen LogP contribution in [0.5, 0.6) is 0 Å². The van der Waals surface area contributed by atoms with Gasteiger partial charge in [-0.2, -0.15) is 0 Å². The van der Waals surface area contributed by atoms with Gasteiger partial charge in [-0.05, 0) is 70.6 Å². The summed E-state index contributed by atoms with van der Waals surface area (Å²) in [4.78, 5) is 35.2. The molecular weight excluding hydrogens is 677 g/mol. The Labute approximate surface area is 317 Å². The zero-order valence-electron chi connectivity index (χ0n) is 33.5. The molecule has 0 radical (unpaired) electrons. The zero-order valence-corrected chi connectivity index (χ0v) is 34.4. The van der Waals surface area contributed by atoms with Crippen molar-refractivity contribution in [3.63, 3.8) is 0 Å². The average Bonchev–Trinajstić information content (AvgIpc) is 3.09. The zero-order chi connectivity index (χ0) is 38.6. The van der Waals surface area contributed by atoms with Gasteiger partial charge in [0, 0.05) is 12.8 Å². The van der Waals surface area contributed by atoms with Gasteiger partial charge < -0.3 is 18.9 Å². The Bertz CT molecular complexity index is 1080. The van der Waals surface area contributed by atoms with Crippen molar-refractivity contribution >= 4 is 19.8 Å². The second-order valence-electron chi connectivity index (χ2n) is 14.3. The van der Waals surface area contributed by atoms with Gasteiger partial charge in [0.1, 0.15) is 19.8 Å². The second-order valence-corrected chi connectivity index (χ2v) is 15.7. The summed E-state index contributed by atoms with van der Waals surface area (Å²) in [5, 5.41) is 0. The number of unbranched alkanes of at least 4 members (excludes halogenated alkanes) is 11. The molecule has 0 fully saturated rings. The predicted molar refractivity (Wildman–Crippen MR) is 215 cm³/mol. The number of phosphoric ester groups is 1. The van der Waals surface area contributed by atoms with Crippen molar-refractivity contribution in [2.24, 2.45) is 0 Å². The molecular formula is C42H75NO8P+. The largest absolute Gasteiger partial charge is 0.472 e. The molecule has 0 aromatic rings. The van der Waals surface area contributed by atoms with Gasteiger partial charge in [0.2, 0.25) is 0 Å². The van der Waals surface area contributed by atoms with Crippen LogP contribution in [-0.4, -0.2) is 74.9 Å². The monoisotopic (exact) mass is 753 g/mol. The minimum atomic E-state index is -4.38. The molecule has 0 saturated heterocycles. The van der Waals surface area contributed by atoms with Crippen LogP contribution in [0.25, 0.3) is 0 Å². The van der Waals surface area contributed by atoms with Gasteiger partial charge in [0.15, 0.2) is 6.10 Å². The molecule has 2 atom stereocenters. The van der Waals surface area contributed by atoms with E-state index in [2.05, 4.69) is 74.6 Å². The number of phosphoric acid groups is 1. The normalized spacial score (nSPS) is 14.3. The third kappa shape index (κ3) is 37.5. The summed E-state index contributed by atoms with van der Waals surface area (Å²) in [6.45, 7) is 4.20. The molecule has 0 saturated carbocycles. The molecule has 0 aliphatic carbocycles. The number of quaternary nitrogens is 1. The molecule has 0 heterocycles. The van der Waals surface area contributed by atoms with E-state index in [1.165, 1.54) is 12.8 Å². The SMILES string of the molecule is CC/C=C\C/C=C\C/C=C\C/C=C\CCCCCCC(=O)OC[C@H](COP(=O)(O)OCC[N+](C)(C)C)OC(=O)CCCCCCC/C=C\CCCC. The van der Waals surface area contributed by atoms with E-state index in [4.69, 9.17) is 18.5 Å². The molecule has 0 aromatic carbocycles. The van der Waals surface area contributed by atoms with E-state index >= 15 is 0 Å². The summed E-state index contributed by atoms with van der Waals surface area (Å²) in [5.74, 6) is -0.845. The molecule has 52 heavy (non-hydrogen) atoms. The van der Waals surface area contributed by atoms with Crippen LogP contribution >= 0.6 is 7.82 Å². The van der Waals surface area contributed by atoms with Crippen LogP contribution in [0.15, 0.2) is 60.8 Å². The predicted octanol–water partition coefficient (Wildman–Crippen LogP) is 10.9. The molecule has 10 heteroatoms. The van der Waals surface area contributed by atoms with E-state index in [1.807, 2.05) is 21.1 Å². The Morgan fingerprint density at radius 3 is 1.65 bits per heavy atom. The topological polar surface area (TPSA) is 108 Å². The Morgan fingerprint density at radius 2 is 1.10 bits per heavy atom. The van der Waals surface area contributed by atoms with Gasteiger partial charge in [-0.3, -0.25) is 18.6 Å². The summed E-state index contributed by atoms with van der Waals surface area (Å²) in [5.41, 5.74) is 0. The van der Waals surface area contributed by atoms with E-state index in [0.29, 0.717) is 23.9 Å². The van der Waals surface area contributed by atoms with Crippen LogP contribution in [0.3, 0.4) is 0 Å². The fourth-order valence-corrected chi connectivity index (χ4v) is 5.61. The summed E-state index contributed by atoms with van der Waals surface area (Å²) in [6, 6.07) is 0. The molecule has 9 nitrogen and oxygen atoms in total. The van der Waals surface area contributed by atoms with Gasteiger partial charge in [-0.25, -0.2) is 4.57 Å². The van der Waals surface area contributed by atoms with E-state index in [-0.39, 0.29) is 26.1 Å². The van der Waals surface area contributed by atoms with Crippen molar-refractivity contribution < 1.29 is 42.1 Å². The van der Waals surface area contributed by atoms with Crippen molar-refractivity contribution in [2.75, 3.05) is 47.5 Å². The van der Waals surface area contributed by atoms with E-state index in [0.717, 1.165) is 89.9 Å². The van der Waals surface area contributed by atoms with Gasteiger partial charge in [-0.15, -0.1) is 0 Å². The lowest BCUT2D eigenvalue weighted by Gasteiger charge is -2.24. The first-order chi connectivity index (χ1) is 25.0. The number of allylic oxidation sites excluding steroid dienone is 10. The average molecular weight is 753 g/mol. The number of nitrogens with zero attached hydrogens (tertiary/aromatic N) is 1. The lowest BCUT2D eigenvalue weighted by molar-refractivity contribution is -0.870. The maximum absolute atomic E-state index is 12.6. The van der Waals surface area contributed by atoms with Crippen LogP contribution in [0, 0.1) is 0 Å². The molecule has 0 aliphatic rings. The third-order valence-electron chi connectivity index (χ3n) is 8.03. The number of esters is 2. The fourth-order valence-electron chi connectivity index (χ4n) is 4.87. The Kier molecular flexibility index (Phi) is 33.0. The number of likely N-dealkylation sites (N-methyl/N-ethyl adjacent to an activating group) is 1. The first-order valence-electron chi connectivity index (χ1n) is 20.0. The summed E-state index contributed by atoms with van der Waals surface area (Å²) >= 11 is 0. The van der Waals surface area contributed by atoms with Crippen LogP contribution in [-0.2, 0) is 32.7 Å². The third-order valence-corrected chi connectivity index (χ3v) is 9.02. The summed E-state index contributed by atoms with van der Waals surface area (Å²) in [7, 11) is 1.44. The minimum Gasteiger partial charge on any atom is -0.462 e.